The summed E-state index contributed by atoms with van der Waals surface area (Å²) in [7, 11) is -3.68. The van der Waals surface area contributed by atoms with Crippen LogP contribution in [-0.2, 0) is 20.5 Å². The first kappa shape index (κ1) is 17.0. The van der Waals surface area contributed by atoms with Crippen molar-refractivity contribution >= 4 is 21.7 Å². The summed E-state index contributed by atoms with van der Waals surface area (Å²) in [5, 5.41) is 0. The molecule has 1 N–H and O–H groups in total. The highest BCUT2D eigenvalue weighted by molar-refractivity contribution is 7.91. The molecule has 23 heavy (non-hydrogen) atoms. The van der Waals surface area contributed by atoms with Gasteiger partial charge in [-0.15, -0.1) is 0 Å². The van der Waals surface area contributed by atoms with Crippen LogP contribution < -0.4 is 4.72 Å². The molecule has 5 nitrogen and oxygen atoms in total. The minimum atomic E-state index is -3.68. The molecule has 0 aliphatic rings. The fourth-order valence-corrected chi connectivity index (χ4v) is 3.13. The van der Waals surface area contributed by atoms with Crippen LogP contribution in [0.5, 0.6) is 0 Å². The lowest BCUT2D eigenvalue weighted by Gasteiger charge is -2.09. The first-order valence-electron chi connectivity index (χ1n) is 6.92. The molecule has 0 heterocycles. The molecule has 0 spiro atoms. The van der Waals surface area contributed by atoms with Crippen molar-refractivity contribution in [1.29, 1.82) is 0 Å². The third-order valence-electron chi connectivity index (χ3n) is 2.92. The summed E-state index contributed by atoms with van der Waals surface area (Å²) in [6.07, 6.45) is 0. The summed E-state index contributed by atoms with van der Waals surface area (Å²) in [6, 6.07) is 11.2. The van der Waals surface area contributed by atoms with E-state index >= 15 is 0 Å². The summed E-state index contributed by atoms with van der Waals surface area (Å²) in [6.45, 7) is 1.92. The van der Waals surface area contributed by atoms with E-state index in [0.29, 0.717) is 5.56 Å². The molecule has 0 aliphatic heterocycles. The molecule has 0 atom stereocenters. The lowest BCUT2D eigenvalue weighted by Crippen LogP contribution is -2.15. The van der Waals surface area contributed by atoms with E-state index in [1.165, 1.54) is 42.5 Å². The second-order valence-electron chi connectivity index (χ2n) is 4.79. The molecule has 2 aromatic carbocycles. The maximum atomic E-state index is 12.8. The van der Waals surface area contributed by atoms with Crippen LogP contribution in [0, 0.1) is 5.82 Å². The van der Waals surface area contributed by atoms with Gasteiger partial charge < -0.3 is 4.74 Å². The summed E-state index contributed by atoms with van der Waals surface area (Å²) < 4.78 is 44.4. The molecule has 7 heteroatoms. The standard InChI is InChI=1S/C16H16FNO4S/c1-2-22-16(19)13-4-3-5-15(10-13)18-23(20,21)11-12-6-8-14(17)9-7-12/h3-10,18H,2,11H2,1H3. The van der Waals surface area contributed by atoms with Crippen LogP contribution in [0.15, 0.2) is 48.5 Å². The van der Waals surface area contributed by atoms with Gasteiger partial charge in [-0.1, -0.05) is 18.2 Å². The minimum Gasteiger partial charge on any atom is -0.462 e. The Kier molecular flexibility index (Phi) is 5.33. The van der Waals surface area contributed by atoms with Crippen molar-refractivity contribution in [2.75, 3.05) is 11.3 Å². The van der Waals surface area contributed by atoms with Crippen molar-refractivity contribution in [2.45, 2.75) is 12.7 Å². The highest BCUT2D eigenvalue weighted by Gasteiger charge is 2.13. The van der Waals surface area contributed by atoms with E-state index in [4.69, 9.17) is 4.74 Å². The average Bonchev–Trinajstić information content (AvgIpc) is 2.49. The van der Waals surface area contributed by atoms with Crippen molar-refractivity contribution in [3.63, 3.8) is 0 Å². The molecule has 0 aromatic heterocycles. The van der Waals surface area contributed by atoms with Crippen LogP contribution in [0.25, 0.3) is 0 Å². The van der Waals surface area contributed by atoms with Crippen molar-refractivity contribution in [3.05, 3.63) is 65.5 Å². The summed E-state index contributed by atoms with van der Waals surface area (Å²) in [5.41, 5.74) is 0.979. The molecule has 0 bridgehead atoms. The first-order valence-corrected chi connectivity index (χ1v) is 8.57. The number of benzene rings is 2. The highest BCUT2D eigenvalue weighted by Crippen LogP contribution is 2.16. The largest absolute Gasteiger partial charge is 0.462 e. The Balaban J connectivity index is 2.12. The van der Waals surface area contributed by atoms with Crippen LogP contribution in [0.2, 0.25) is 0 Å². The smallest absolute Gasteiger partial charge is 0.338 e. The van der Waals surface area contributed by atoms with Crippen LogP contribution in [-0.4, -0.2) is 21.0 Å². The molecule has 0 unspecified atom stereocenters. The van der Waals surface area contributed by atoms with Crippen LogP contribution >= 0.6 is 0 Å². The van der Waals surface area contributed by atoms with Gasteiger partial charge in [-0.3, -0.25) is 4.72 Å². The number of rotatable bonds is 6. The number of hydrogen-bond acceptors (Lipinski definition) is 4. The van der Waals surface area contributed by atoms with Crippen molar-refractivity contribution in [3.8, 4) is 0 Å². The molecular formula is C16H16FNO4S. The number of carbonyl (C=O) groups excluding carboxylic acids is 1. The summed E-state index contributed by atoms with van der Waals surface area (Å²) >= 11 is 0. The van der Waals surface area contributed by atoms with Gasteiger partial charge in [0, 0.05) is 5.69 Å². The normalized spacial score (nSPS) is 11.0. The lowest BCUT2D eigenvalue weighted by atomic mass is 10.2. The number of nitrogens with one attached hydrogen (secondary N) is 1. The molecule has 0 amide bonds. The van der Waals surface area contributed by atoms with Gasteiger partial charge in [0.1, 0.15) is 5.82 Å². The topological polar surface area (TPSA) is 72.5 Å². The Morgan fingerprint density at radius 3 is 2.52 bits per heavy atom. The molecule has 0 fully saturated rings. The van der Waals surface area contributed by atoms with E-state index in [0.717, 1.165) is 0 Å². The van der Waals surface area contributed by atoms with Crippen molar-refractivity contribution in [1.82, 2.24) is 0 Å². The Morgan fingerprint density at radius 1 is 1.17 bits per heavy atom. The van der Waals surface area contributed by atoms with Crippen LogP contribution in [0.4, 0.5) is 10.1 Å². The van der Waals surface area contributed by atoms with E-state index in [-0.39, 0.29) is 23.6 Å². The Labute approximate surface area is 134 Å². The third kappa shape index (κ3) is 5.07. The number of halogens is 1. The van der Waals surface area contributed by atoms with Gasteiger partial charge in [-0.25, -0.2) is 17.6 Å². The molecule has 122 valence electrons. The van der Waals surface area contributed by atoms with Gasteiger partial charge in [0.05, 0.1) is 17.9 Å². The highest BCUT2D eigenvalue weighted by atomic mass is 32.2. The van der Waals surface area contributed by atoms with Crippen molar-refractivity contribution in [2.24, 2.45) is 0 Å². The summed E-state index contributed by atoms with van der Waals surface area (Å²) in [4.78, 5) is 11.7. The Morgan fingerprint density at radius 2 is 1.87 bits per heavy atom. The molecule has 2 aromatic rings. The minimum absolute atomic E-state index is 0.235. The first-order chi connectivity index (χ1) is 10.9. The number of ether oxygens (including phenoxy) is 1. The molecule has 2 rings (SSSR count). The summed E-state index contributed by atoms with van der Waals surface area (Å²) in [5.74, 6) is -1.25. The fourth-order valence-electron chi connectivity index (χ4n) is 1.94. The number of hydrogen-bond donors (Lipinski definition) is 1. The Bertz CT molecular complexity index is 788. The number of carbonyl (C=O) groups is 1. The van der Waals surface area contributed by atoms with E-state index in [2.05, 4.69) is 4.72 Å². The third-order valence-corrected chi connectivity index (χ3v) is 4.18. The zero-order valence-corrected chi connectivity index (χ0v) is 13.3. The van der Waals surface area contributed by atoms with Gasteiger partial charge >= 0.3 is 5.97 Å². The number of anilines is 1. The Hall–Kier alpha value is -2.41. The zero-order chi connectivity index (χ0) is 16.9. The molecule has 0 radical (unpaired) electrons. The molecular weight excluding hydrogens is 321 g/mol. The van der Waals surface area contributed by atoms with Gasteiger partial charge in [-0.2, -0.15) is 0 Å². The maximum Gasteiger partial charge on any atom is 0.338 e. The van der Waals surface area contributed by atoms with Crippen molar-refractivity contribution < 1.29 is 22.3 Å². The number of sulfonamides is 1. The second kappa shape index (κ2) is 7.23. The van der Waals surface area contributed by atoms with Gasteiger partial charge in [0.2, 0.25) is 10.0 Å². The maximum absolute atomic E-state index is 12.8. The monoisotopic (exact) mass is 337 g/mol. The zero-order valence-electron chi connectivity index (χ0n) is 12.5. The van der Waals surface area contributed by atoms with E-state index < -0.39 is 21.8 Å². The van der Waals surface area contributed by atoms with Gasteiger partial charge in [0.25, 0.3) is 0 Å². The predicted molar refractivity (Wildman–Crippen MR) is 85.0 cm³/mol. The SMILES string of the molecule is CCOC(=O)c1cccc(NS(=O)(=O)Cc2ccc(F)cc2)c1. The molecule has 0 saturated heterocycles. The lowest BCUT2D eigenvalue weighted by molar-refractivity contribution is 0.0526. The van der Waals surface area contributed by atoms with Crippen LogP contribution in [0.3, 0.4) is 0 Å². The fraction of sp³-hybridized carbons (Fsp3) is 0.188. The van der Waals surface area contributed by atoms with Gasteiger partial charge in [0.15, 0.2) is 0 Å². The molecule has 0 aliphatic carbocycles. The molecule has 0 saturated carbocycles. The van der Waals surface area contributed by atoms with E-state index in [9.17, 15) is 17.6 Å². The van der Waals surface area contributed by atoms with E-state index in [1.54, 1.807) is 13.0 Å². The number of esters is 1. The van der Waals surface area contributed by atoms with E-state index in [1.807, 2.05) is 0 Å². The average molecular weight is 337 g/mol. The van der Waals surface area contributed by atoms with Gasteiger partial charge in [-0.05, 0) is 42.8 Å². The van der Waals surface area contributed by atoms with Crippen LogP contribution in [0.1, 0.15) is 22.8 Å². The predicted octanol–water partition coefficient (Wildman–Crippen LogP) is 2.94. The second-order valence-corrected chi connectivity index (χ2v) is 6.51. The quantitative estimate of drug-likeness (QED) is 0.823.